The van der Waals surface area contributed by atoms with Gasteiger partial charge in [0.05, 0.1) is 38.2 Å². The largest absolute Gasteiger partial charge is 0.493 e. The van der Waals surface area contributed by atoms with Crippen LogP contribution in [0.1, 0.15) is 6.42 Å². The third kappa shape index (κ3) is 4.67. The van der Waals surface area contributed by atoms with Gasteiger partial charge < -0.3 is 19.3 Å². The first-order valence-corrected chi connectivity index (χ1v) is 10.3. The Kier molecular flexibility index (Phi) is 6.55. The highest BCUT2D eigenvalue weighted by molar-refractivity contribution is 5.86. The predicted molar refractivity (Wildman–Crippen MR) is 116 cm³/mol. The molecule has 1 amide bonds. The summed E-state index contributed by atoms with van der Waals surface area (Å²) in [7, 11) is 1.58. The van der Waals surface area contributed by atoms with Crippen molar-refractivity contribution in [3.8, 4) is 22.8 Å². The van der Waals surface area contributed by atoms with Crippen LogP contribution in [0.2, 0.25) is 0 Å². The molecule has 2 aromatic carbocycles. The number of anilines is 1. The summed E-state index contributed by atoms with van der Waals surface area (Å²) in [6.07, 6.45) is 1.18. The first-order valence-electron chi connectivity index (χ1n) is 10.3. The molecule has 2 heterocycles. The molecule has 0 unspecified atom stereocenters. The standard InChI is InChI=1S/C23H24FN3O5/c1-30-21-7-6-16(14-22(21)32-17-9-13-31-15-17)19-8-10-25-27(19)12-11-26(23(28)29)20-5-3-2-4-18(20)24/h2-8,10,14,17H,9,11-13,15H2,1H3,(H,28,29)/t17-/m1/s1. The van der Waals surface area contributed by atoms with Crippen molar-refractivity contribution in [1.82, 2.24) is 9.78 Å². The molecular formula is C23H24FN3O5. The second-order valence-corrected chi connectivity index (χ2v) is 7.29. The SMILES string of the molecule is COc1ccc(-c2ccnn2CCN(C(=O)O)c2ccccc2F)cc1O[C@@H]1CCOC1. The summed E-state index contributed by atoms with van der Waals surface area (Å²) in [6, 6.07) is 13.2. The molecule has 1 fully saturated rings. The van der Waals surface area contributed by atoms with Crippen LogP contribution in [0.25, 0.3) is 11.3 Å². The number of amides is 1. The number of para-hydroxylation sites is 1. The Morgan fingerprint density at radius 2 is 2.12 bits per heavy atom. The molecule has 1 N–H and O–H groups in total. The average Bonchev–Trinajstić information content (AvgIpc) is 3.47. The van der Waals surface area contributed by atoms with Crippen LogP contribution >= 0.6 is 0 Å². The minimum atomic E-state index is -1.23. The Balaban J connectivity index is 1.55. The van der Waals surface area contributed by atoms with E-state index in [0.29, 0.717) is 24.7 Å². The number of methoxy groups -OCH3 is 1. The molecule has 0 aliphatic carbocycles. The zero-order valence-electron chi connectivity index (χ0n) is 17.6. The van der Waals surface area contributed by atoms with Gasteiger partial charge in [-0.3, -0.25) is 9.58 Å². The fourth-order valence-corrected chi connectivity index (χ4v) is 3.65. The van der Waals surface area contributed by atoms with Gasteiger partial charge >= 0.3 is 6.09 Å². The summed E-state index contributed by atoms with van der Waals surface area (Å²) in [6.45, 7) is 1.47. The van der Waals surface area contributed by atoms with Gasteiger partial charge in [-0.1, -0.05) is 12.1 Å². The number of aromatic nitrogens is 2. The van der Waals surface area contributed by atoms with Crippen LogP contribution in [0, 0.1) is 5.82 Å². The summed E-state index contributed by atoms with van der Waals surface area (Å²) in [5.41, 5.74) is 1.62. The van der Waals surface area contributed by atoms with Crippen LogP contribution < -0.4 is 14.4 Å². The fourth-order valence-electron chi connectivity index (χ4n) is 3.65. The van der Waals surface area contributed by atoms with Crippen molar-refractivity contribution >= 4 is 11.8 Å². The molecule has 168 valence electrons. The maximum atomic E-state index is 14.1. The smallest absolute Gasteiger partial charge is 0.411 e. The van der Waals surface area contributed by atoms with Crippen molar-refractivity contribution in [2.45, 2.75) is 19.1 Å². The van der Waals surface area contributed by atoms with Crippen molar-refractivity contribution in [3.05, 3.63) is 60.5 Å². The third-order valence-electron chi connectivity index (χ3n) is 5.27. The Morgan fingerprint density at radius 3 is 2.84 bits per heavy atom. The topological polar surface area (TPSA) is 86.1 Å². The molecule has 0 saturated carbocycles. The lowest BCUT2D eigenvalue weighted by Gasteiger charge is -2.20. The molecule has 1 aliphatic heterocycles. The van der Waals surface area contributed by atoms with E-state index in [1.54, 1.807) is 24.1 Å². The monoisotopic (exact) mass is 441 g/mol. The molecule has 4 rings (SSSR count). The third-order valence-corrected chi connectivity index (χ3v) is 5.27. The van der Waals surface area contributed by atoms with Gasteiger partial charge in [0.1, 0.15) is 11.9 Å². The first kappa shape index (κ1) is 21.6. The lowest BCUT2D eigenvalue weighted by molar-refractivity contribution is 0.138. The van der Waals surface area contributed by atoms with Crippen molar-refractivity contribution in [2.24, 2.45) is 0 Å². The minimum Gasteiger partial charge on any atom is -0.493 e. The van der Waals surface area contributed by atoms with Crippen molar-refractivity contribution in [1.29, 1.82) is 0 Å². The highest BCUT2D eigenvalue weighted by atomic mass is 19.1. The van der Waals surface area contributed by atoms with Crippen LogP contribution in [0.15, 0.2) is 54.7 Å². The van der Waals surface area contributed by atoms with E-state index in [1.165, 1.54) is 18.2 Å². The van der Waals surface area contributed by atoms with Gasteiger partial charge in [-0.2, -0.15) is 5.10 Å². The van der Waals surface area contributed by atoms with E-state index >= 15 is 0 Å². The molecule has 1 aliphatic rings. The zero-order valence-corrected chi connectivity index (χ0v) is 17.6. The number of nitrogens with zero attached hydrogens (tertiary/aromatic N) is 3. The highest BCUT2D eigenvalue weighted by Gasteiger charge is 2.21. The molecule has 0 radical (unpaired) electrons. The zero-order chi connectivity index (χ0) is 22.5. The molecule has 9 heteroatoms. The quantitative estimate of drug-likeness (QED) is 0.568. The van der Waals surface area contributed by atoms with E-state index in [1.807, 2.05) is 24.3 Å². The Bertz CT molecular complexity index is 1080. The van der Waals surface area contributed by atoms with Crippen LogP contribution in [0.4, 0.5) is 14.9 Å². The van der Waals surface area contributed by atoms with Gasteiger partial charge in [0.25, 0.3) is 0 Å². The number of carboxylic acid groups (broad SMARTS) is 1. The normalized spacial score (nSPS) is 15.5. The number of hydrogen-bond acceptors (Lipinski definition) is 5. The number of ether oxygens (including phenoxy) is 3. The van der Waals surface area contributed by atoms with E-state index in [0.717, 1.165) is 22.6 Å². The van der Waals surface area contributed by atoms with Crippen LogP contribution in [-0.4, -0.2) is 54.0 Å². The van der Waals surface area contributed by atoms with Gasteiger partial charge in [0.2, 0.25) is 0 Å². The first-order chi connectivity index (χ1) is 15.6. The van der Waals surface area contributed by atoms with E-state index in [9.17, 15) is 14.3 Å². The van der Waals surface area contributed by atoms with Gasteiger partial charge in [0, 0.05) is 24.7 Å². The maximum absolute atomic E-state index is 14.1. The lowest BCUT2D eigenvalue weighted by Crippen LogP contribution is -2.33. The maximum Gasteiger partial charge on any atom is 0.411 e. The summed E-state index contributed by atoms with van der Waals surface area (Å²) in [4.78, 5) is 12.7. The second kappa shape index (κ2) is 9.69. The van der Waals surface area contributed by atoms with Crippen LogP contribution in [0.5, 0.6) is 11.5 Å². The summed E-state index contributed by atoms with van der Waals surface area (Å²) in [5, 5.41) is 13.9. The number of halogens is 1. The van der Waals surface area contributed by atoms with E-state index in [4.69, 9.17) is 14.2 Å². The Morgan fingerprint density at radius 1 is 1.28 bits per heavy atom. The number of benzene rings is 2. The molecule has 1 saturated heterocycles. The number of hydrogen-bond donors (Lipinski definition) is 1. The lowest BCUT2D eigenvalue weighted by atomic mass is 10.1. The van der Waals surface area contributed by atoms with Crippen LogP contribution in [0.3, 0.4) is 0 Å². The average molecular weight is 441 g/mol. The number of carbonyl (C=O) groups is 1. The molecule has 0 spiro atoms. The molecule has 1 aromatic heterocycles. The summed E-state index contributed by atoms with van der Waals surface area (Å²) in [5.74, 6) is 0.624. The molecule has 8 nitrogen and oxygen atoms in total. The molecule has 32 heavy (non-hydrogen) atoms. The van der Waals surface area contributed by atoms with E-state index < -0.39 is 11.9 Å². The van der Waals surface area contributed by atoms with Gasteiger partial charge in [-0.05, 0) is 36.4 Å². The highest BCUT2D eigenvalue weighted by Crippen LogP contribution is 2.34. The van der Waals surface area contributed by atoms with Crippen LogP contribution in [-0.2, 0) is 11.3 Å². The number of rotatable bonds is 8. The fraction of sp³-hybridized carbons (Fsp3) is 0.304. The molecular weight excluding hydrogens is 417 g/mol. The van der Waals surface area contributed by atoms with Crippen molar-refractivity contribution in [2.75, 3.05) is 31.8 Å². The van der Waals surface area contributed by atoms with Crippen molar-refractivity contribution in [3.63, 3.8) is 0 Å². The molecule has 3 aromatic rings. The van der Waals surface area contributed by atoms with Gasteiger partial charge in [0.15, 0.2) is 11.5 Å². The van der Waals surface area contributed by atoms with E-state index in [2.05, 4.69) is 5.10 Å². The summed E-state index contributed by atoms with van der Waals surface area (Å²) >= 11 is 0. The molecule has 0 bridgehead atoms. The minimum absolute atomic E-state index is 0.00706. The molecule has 1 atom stereocenters. The second-order valence-electron chi connectivity index (χ2n) is 7.29. The Labute approximate surface area is 184 Å². The van der Waals surface area contributed by atoms with Crippen molar-refractivity contribution < 1.29 is 28.5 Å². The Hall–Kier alpha value is -3.59. The van der Waals surface area contributed by atoms with E-state index in [-0.39, 0.29) is 24.9 Å². The van der Waals surface area contributed by atoms with Gasteiger partial charge in [-0.15, -0.1) is 0 Å². The predicted octanol–water partition coefficient (Wildman–Crippen LogP) is 4.05. The van der Waals surface area contributed by atoms with Gasteiger partial charge in [-0.25, -0.2) is 9.18 Å². The summed E-state index contributed by atoms with van der Waals surface area (Å²) < 4.78 is 32.7.